The molecule has 0 aliphatic heterocycles. The van der Waals surface area contributed by atoms with Crippen molar-refractivity contribution >= 4 is 32.4 Å². The maximum atomic E-state index is 12.9. The fourth-order valence-electron chi connectivity index (χ4n) is 3.10. The maximum Gasteiger partial charge on any atom is 0.266 e. The van der Waals surface area contributed by atoms with Gasteiger partial charge in [-0.25, -0.2) is 12.7 Å². The van der Waals surface area contributed by atoms with Gasteiger partial charge in [0.15, 0.2) is 0 Å². The minimum atomic E-state index is -3.95. The number of fused-ring (bicyclic) bond motifs is 1. The smallest absolute Gasteiger partial charge is 0.266 e. The van der Waals surface area contributed by atoms with Crippen LogP contribution in [-0.2, 0) is 21.2 Å². The molecule has 0 bridgehead atoms. The molecule has 0 saturated carbocycles. The van der Waals surface area contributed by atoms with Gasteiger partial charge in [0.05, 0.1) is 12.0 Å². The number of hydrogen-bond donors (Lipinski definition) is 1. The number of hydrogen-bond acceptors (Lipinski definition) is 5. The molecule has 1 amide bonds. The quantitative estimate of drug-likeness (QED) is 0.644. The van der Waals surface area contributed by atoms with Crippen molar-refractivity contribution in [2.24, 2.45) is 0 Å². The Morgan fingerprint density at radius 3 is 2.43 bits per heavy atom. The molecular formula is C21H22N2O4S. The minimum absolute atomic E-state index is 0.0384. The lowest BCUT2D eigenvalue weighted by Crippen LogP contribution is -2.36. The van der Waals surface area contributed by atoms with Crippen molar-refractivity contribution < 1.29 is 17.9 Å². The van der Waals surface area contributed by atoms with Crippen molar-refractivity contribution in [1.29, 1.82) is 0 Å². The number of anilines is 1. The first-order valence-corrected chi connectivity index (χ1v) is 10.2. The lowest BCUT2D eigenvalue weighted by atomic mass is 10.0. The average Bonchev–Trinajstić information content (AvgIpc) is 2.67. The van der Waals surface area contributed by atoms with Gasteiger partial charge in [-0.05, 0) is 59.2 Å². The number of benzene rings is 3. The third-order valence-electron chi connectivity index (χ3n) is 4.58. The highest BCUT2D eigenvalue weighted by Gasteiger charge is 2.26. The SMILES string of the molecule is COc1ccc2cccc(CCN(C(C)=O)S(=O)(=O)c3ccc(N)cc3)c2c1. The number of nitrogen functional groups attached to an aromatic ring is 1. The molecule has 3 rings (SSSR count). The van der Waals surface area contributed by atoms with E-state index in [0.29, 0.717) is 12.1 Å². The van der Waals surface area contributed by atoms with Crippen LogP contribution >= 0.6 is 0 Å². The molecule has 0 fully saturated rings. The van der Waals surface area contributed by atoms with E-state index >= 15 is 0 Å². The van der Waals surface area contributed by atoms with Gasteiger partial charge >= 0.3 is 0 Å². The Bertz CT molecular complexity index is 1110. The van der Waals surface area contributed by atoms with E-state index in [2.05, 4.69) is 0 Å². The van der Waals surface area contributed by atoms with Crippen molar-refractivity contribution in [2.45, 2.75) is 18.2 Å². The molecule has 2 N–H and O–H groups in total. The molecular weight excluding hydrogens is 376 g/mol. The van der Waals surface area contributed by atoms with E-state index in [-0.39, 0.29) is 11.4 Å². The number of rotatable bonds is 6. The summed E-state index contributed by atoms with van der Waals surface area (Å²) in [6.45, 7) is 1.29. The molecule has 3 aromatic carbocycles. The van der Waals surface area contributed by atoms with Gasteiger partial charge in [-0.3, -0.25) is 4.79 Å². The van der Waals surface area contributed by atoms with E-state index < -0.39 is 15.9 Å². The molecule has 0 radical (unpaired) electrons. The second kappa shape index (κ2) is 7.90. The summed E-state index contributed by atoms with van der Waals surface area (Å²) >= 11 is 0. The molecule has 0 saturated heterocycles. The topological polar surface area (TPSA) is 89.7 Å². The third kappa shape index (κ3) is 3.94. The largest absolute Gasteiger partial charge is 0.497 e. The second-order valence-electron chi connectivity index (χ2n) is 6.42. The number of methoxy groups -OCH3 is 1. The van der Waals surface area contributed by atoms with Crippen molar-refractivity contribution in [2.75, 3.05) is 19.4 Å². The summed E-state index contributed by atoms with van der Waals surface area (Å²) in [5.74, 6) is 0.188. The Morgan fingerprint density at radius 1 is 1.07 bits per heavy atom. The summed E-state index contributed by atoms with van der Waals surface area (Å²) in [5, 5.41) is 1.99. The molecule has 6 nitrogen and oxygen atoms in total. The van der Waals surface area contributed by atoms with E-state index in [1.807, 2.05) is 36.4 Å². The fraction of sp³-hybridized carbons (Fsp3) is 0.190. The molecule has 0 aliphatic carbocycles. The van der Waals surface area contributed by atoms with Gasteiger partial charge in [-0.15, -0.1) is 0 Å². The number of nitrogens with two attached hydrogens (primary N) is 1. The number of ether oxygens (including phenoxy) is 1. The highest BCUT2D eigenvalue weighted by Crippen LogP contribution is 2.25. The van der Waals surface area contributed by atoms with Crippen LogP contribution in [0.2, 0.25) is 0 Å². The second-order valence-corrected chi connectivity index (χ2v) is 8.28. The zero-order chi connectivity index (χ0) is 20.3. The van der Waals surface area contributed by atoms with Crippen molar-refractivity contribution in [1.82, 2.24) is 4.31 Å². The Hall–Kier alpha value is -3.06. The summed E-state index contributed by atoms with van der Waals surface area (Å²) in [5.41, 5.74) is 7.03. The standard InChI is InChI=1S/C21H22N2O4S/c1-15(24)23(28(25,26)20-10-7-18(22)8-11-20)13-12-17-5-3-4-16-6-9-19(27-2)14-21(16)17/h3-11,14H,12-13,22H2,1-2H3. The van der Waals surface area contributed by atoms with Gasteiger partial charge < -0.3 is 10.5 Å². The van der Waals surface area contributed by atoms with Crippen molar-refractivity contribution in [3.8, 4) is 5.75 Å². The first kappa shape index (κ1) is 19.7. The molecule has 0 atom stereocenters. The van der Waals surface area contributed by atoms with Crippen LogP contribution in [0.3, 0.4) is 0 Å². The molecule has 28 heavy (non-hydrogen) atoms. The van der Waals surface area contributed by atoms with Crippen LogP contribution < -0.4 is 10.5 Å². The number of carbonyl (C=O) groups excluding carboxylic acids is 1. The predicted octanol–water partition coefficient (Wildman–Crippen LogP) is 3.21. The van der Waals surface area contributed by atoms with Gasteiger partial charge in [0.25, 0.3) is 10.0 Å². The van der Waals surface area contributed by atoms with E-state index in [4.69, 9.17) is 10.5 Å². The first-order valence-electron chi connectivity index (χ1n) is 8.77. The Morgan fingerprint density at radius 2 is 1.79 bits per heavy atom. The van der Waals surface area contributed by atoms with E-state index in [1.54, 1.807) is 7.11 Å². The predicted molar refractivity (Wildman–Crippen MR) is 110 cm³/mol. The van der Waals surface area contributed by atoms with Gasteiger partial charge in [-0.1, -0.05) is 24.3 Å². The third-order valence-corrected chi connectivity index (χ3v) is 6.47. The molecule has 3 aromatic rings. The van der Waals surface area contributed by atoms with Crippen LogP contribution in [0.25, 0.3) is 10.8 Å². The van der Waals surface area contributed by atoms with Crippen LogP contribution in [0.4, 0.5) is 5.69 Å². The summed E-state index contributed by atoms with van der Waals surface area (Å²) < 4.78 is 32.0. The summed E-state index contributed by atoms with van der Waals surface area (Å²) in [6.07, 6.45) is 0.387. The molecule has 0 aliphatic rings. The van der Waals surface area contributed by atoms with Gasteiger partial charge in [-0.2, -0.15) is 0 Å². The monoisotopic (exact) mass is 398 g/mol. The van der Waals surface area contributed by atoms with Crippen LogP contribution in [0.5, 0.6) is 5.75 Å². The molecule has 0 heterocycles. The van der Waals surface area contributed by atoms with Gasteiger partial charge in [0.2, 0.25) is 5.91 Å². The molecule has 7 heteroatoms. The van der Waals surface area contributed by atoms with Gasteiger partial charge in [0.1, 0.15) is 5.75 Å². The van der Waals surface area contributed by atoms with Crippen LogP contribution in [0.1, 0.15) is 12.5 Å². The minimum Gasteiger partial charge on any atom is -0.497 e. The first-order chi connectivity index (χ1) is 13.3. The molecule has 0 aromatic heterocycles. The summed E-state index contributed by atoms with van der Waals surface area (Å²) in [7, 11) is -2.35. The Labute approximate surface area is 164 Å². The van der Waals surface area contributed by atoms with Gasteiger partial charge in [0, 0.05) is 19.2 Å². The van der Waals surface area contributed by atoms with E-state index in [9.17, 15) is 13.2 Å². The highest BCUT2D eigenvalue weighted by molar-refractivity contribution is 7.89. The Kier molecular flexibility index (Phi) is 5.56. The van der Waals surface area contributed by atoms with Crippen LogP contribution in [-0.4, -0.2) is 32.3 Å². The number of carbonyl (C=O) groups is 1. The molecule has 146 valence electrons. The zero-order valence-electron chi connectivity index (χ0n) is 15.8. The van der Waals surface area contributed by atoms with E-state index in [0.717, 1.165) is 26.4 Å². The highest BCUT2D eigenvalue weighted by atomic mass is 32.2. The molecule has 0 unspecified atom stereocenters. The Balaban J connectivity index is 1.91. The van der Waals surface area contributed by atoms with Crippen LogP contribution in [0, 0.1) is 0 Å². The van der Waals surface area contributed by atoms with Crippen molar-refractivity contribution in [3.63, 3.8) is 0 Å². The summed E-state index contributed by atoms with van der Waals surface area (Å²) in [4.78, 5) is 12.2. The number of amides is 1. The van der Waals surface area contributed by atoms with Crippen LogP contribution in [0.15, 0.2) is 65.6 Å². The lowest BCUT2D eigenvalue weighted by Gasteiger charge is -2.21. The van der Waals surface area contributed by atoms with E-state index in [1.165, 1.54) is 31.2 Å². The molecule has 0 spiro atoms. The maximum absolute atomic E-state index is 12.9. The summed E-state index contributed by atoms with van der Waals surface area (Å²) in [6, 6.07) is 17.4. The fourth-order valence-corrected chi connectivity index (χ4v) is 4.50. The zero-order valence-corrected chi connectivity index (χ0v) is 16.6. The number of sulfonamides is 1. The van der Waals surface area contributed by atoms with Crippen molar-refractivity contribution in [3.05, 3.63) is 66.2 Å². The average molecular weight is 398 g/mol. The number of nitrogens with zero attached hydrogens (tertiary/aromatic N) is 1. The normalized spacial score (nSPS) is 11.4. The lowest BCUT2D eigenvalue weighted by molar-refractivity contribution is -0.124.